The Hall–Kier alpha value is -0.580. The lowest BCUT2D eigenvalue weighted by atomic mass is 9.95. The van der Waals surface area contributed by atoms with Crippen LogP contribution in [0.2, 0.25) is 0 Å². The van der Waals surface area contributed by atoms with Crippen LogP contribution in [0.25, 0.3) is 0 Å². The Morgan fingerprint density at radius 2 is 2.00 bits per heavy atom. The van der Waals surface area contributed by atoms with Gasteiger partial charge in [0.05, 0.1) is 26.9 Å². The number of halogens is 1. The summed E-state index contributed by atoms with van der Waals surface area (Å²) in [5.41, 5.74) is 3.64. The molecular formula is C21H30IO7PS. The van der Waals surface area contributed by atoms with E-state index in [1.807, 2.05) is 33.8 Å². The van der Waals surface area contributed by atoms with E-state index in [0.29, 0.717) is 43.3 Å². The largest absolute Gasteiger partial charge is 0.496 e. The number of rotatable bonds is 13. The van der Waals surface area contributed by atoms with E-state index in [-0.39, 0.29) is 12.6 Å². The smallest absolute Gasteiger partial charge is 0.342 e. The highest BCUT2D eigenvalue weighted by Gasteiger charge is 2.33. The van der Waals surface area contributed by atoms with E-state index >= 15 is 0 Å². The van der Waals surface area contributed by atoms with Crippen LogP contribution in [0.4, 0.5) is 0 Å². The van der Waals surface area contributed by atoms with E-state index in [9.17, 15) is 9.90 Å². The number of hydrogen-bond donors (Lipinski definition) is 1. The summed E-state index contributed by atoms with van der Waals surface area (Å²) in [6.45, 7) is 9.09. The molecule has 0 fully saturated rings. The first-order chi connectivity index (χ1) is 14.9. The number of fused-ring (bicyclic) bond motifs is 1. The van der Waals surface area contributed by atoms with Crippen molar-refractivity contribution in [2.75, 3.05) is 32.7 Å². The second-order valence-corrected chi connectivity index (χ2v) is 10.8. The van der Waals surface area contributed by atoms with Gasteiger partial charge in [-0.25, -0.2) is 4.79 Å². The van der Waals surface area contributed by atoms with Crippen molar-refractivity contribution < 1.29 is 33.2 Å². The number of hydrogen-bond acceptors (Lipinski definition) is 8. The van der Waals surface area contributed by atoms with E-state index in [2.05, 4.69) is 21.2 Å². The van der Waals surface area contributed by atoms with Crippen molar-refractivity contribution in [3.63, 3.8) is 0 Å². The lowest BCUT2D eigenvalue weighted by molar-refractivity contribution is 0.0532. The van der Waals surface area contributed by atoms with Gasteiger partial charge in [-0.2, -0.15) is 0 Å². The van der Waals surface area contributed by atoms with Crippen LogP contribution in [0.15, 0.2) is 11.6 Å². The molecule has 0 aromatic heterocycles. The molecule has 0 radical (unpaired) electrons. The Morgan fingerprint density at radius 1 is 1.32 bits per heavy atom. The molecule has 31 heavy (non-hydrogen) atoms. The fourth-order valence-corrected chi connectivity index (χ4v) is 5.30. The number of aliphatic hydroxyl groups is 1. The van der Waals surface area contributed by atoms with E-state index in [0.717, 1.165) is 28.0 Å². The van der Waals surface area contributed by atoms with Crippen LogP contribution >= 0.6 is 38.5 Å². The van der Waals surface area contributed by atoms with Crippen molar-refractivity contribution in [2.24, 2.45) is 0 Å². The summed E-state index contributed by atoms with van der Waals surface area (Å²) in [6.07, 6.45) is 2.32. The molecule has 10 heteroatoms. The van der Waals surface area contributed by atoms with Gasteiger partial charge in [-0.15, -0.1) is 0 Å². The molecule has 0 saturated carbocycles. The number of carbonyl (C=O) groups is 1. The highest BCUT2D eigenvalue weighted by Crippen LogP contribution is 2.46. The number of ether oxygens (including phenoxy) is 3. The Morgan fingerprint density at radius 3 is 2.58 bits per heavy atom. The quantitative estimate of drug-likeness (QED) is 0.110. The van der Waals surface area contributed by atoms with Crippen molar-refractivity contribution in [1.82, 2.24) is 0 Å². The van der Waals surface area contributed by atoms with Gasteiger partial charge in [0.25, 0.3) is 0 Å². The number of allylic oxidation sites excluding steroid dienone is 1. The van der Waals surface area contributed by atoms with Crippen LogP contribution in [0, 0.1) is 6.92 Å². The van der Waals surface area contributed by atoms with Gasteiger partial charge in [0, 0.05) is 16.9 Å². The molecule has 0 saturated heterocycles. The van der Waals surface area contributed by atoms with E-state index < -0.39 is 14.2 Å². The van der Waals surface area contributed by atoms with Crippen LogP contribution in [0.5, 0.6) is 11.5 Å². The van der Waals surface area contributed by atoms with Gasteiger partial charge in [0.2, 0.25) is 8.38 Å². The minimum absolute atomic E-state index is 0.217. The molecular weight excluding hydrogens is 554 g/mol. The number of esters is 1. The van der Waals surface area contributed by atoms with Crippen LogP contribution < -0.4 is 9.47 Å². The second kappa shape index (κ2) is 13.2. The third-order valence-electron chi connectivity index (χ3n) is 4.78. The number of methoxy groups -OCH3 is 1. The predicted octanol–water partition coefficient (Wildman–Crippen LogP) is 5.33. The molecule has 1 aromatic rings. The maximum Gasteiger partial charge on any atom is 0.342 e. The third-order valence-corrected chi connectivity index (χ3v) is 8.25. The van der Waals surface area contributed by atoms with Gasteiger partial charge in [-0.1, -0.05) is 15.0 Å². The number of aliphatic hydroxyl groups excluding tert-OH is 1. The summed E-state index contributed by atoms with van der Waals surface area (Å²) in [5.74, 6) is 0.725. The molecule has 1 unspecified atom stereocenters. The Labute approximate surface area is 201 Å². The molecule has 1 N–H and O–H groups in total. The fraction of sp³-hybridized carbons (Fsp3) is 0.571. The van der Waals surface area contributed by atoms with Crippen molar-refractivity contribution in [2.45, 2.75) is 46.6 Å². The summed E-state index contributed by atoms with van der Waals surface area (Å²) < 4.78 is 28.2. The maximum absolute atomic E-state index is 12.5. The van der Waals surface area contributed by atoms with E-state index in [1.165, 1.54) is 0 Å². The Balaban J connectivity index is 2.44. The summed E-state index contributed by atoms with van der Waals surface area (Å²) in [6, 6.07) is 0. The third kappa shape index (κ3) is 6.48. The molecule has 0 aliphatic carbocycles. The van der Waals surface area contributed by atoms with Crippen molar-refractivity contribution in [3.8, 4) is 11.5 Å². The molecule has 2 rings (SSSR count). The van der Waals surface area contributed by atoms with Gasteiger partial charge in [-0.3, -0.25) is 0 Å². The van der Waals surface area contributed by atoms with Gasteiger partial charge >= 0.3 is 5.97 Å². The topological polar surface area (TPSA) is 83.5 Å². The van der Waals surface area contributed by atoms with Crippen LogP contribution in [0.1, 0.15) is 47.8 Å². The summed E-state index contributed by atoms with van der Waals surface area (Å²) >= 11 is 2.21. The first kappa shape index (κ1) is 26.7. The summed E-state index contributed by atoms with van der Waals surface area (Å²) in [7, 11) is 1.80. The zero-order valence-electron chi connectivity index (χ0n) is 18.5. The first-order valence-electron chi connectivity index (χ1n) is 10.1. The lowest BCUT2D eigenvalue weighted by Crippen LogP contribution is -2.12. The van der Waals surface area contributed by atoms with Crippen LogP contribution in [-0.2, 0) is 26.8 Å². The average Bonchev–Trinajstić information content (AvgIpc) is 3.15. The van der Waals surface area contributed by atoms with Gasteiger partial charge < -0.3 is 28.4 Å². The molecule has 7 nitrogen and oxygen atoms in total. The van der Waals surface area contributed by atoms with Crippen LogP contribution in [0.3, 0.4) is 0 Å². The van der Waals surface area contributed by atoms with Gasteiger partial charge in [0.1, 0.15) is 29.5 Å². The number of benzene rings is 1. The maximum atomic E-state index is 12.5. The molecule has 0 bridgehead atoms. The van der Waals surface area contributed by atoms with Crippen molar-refractivity contribution in [1.29, 1.82) is 0 Å². The SMILES string of the molecule is CCOP(OCC)C(O)/C(C)=C/Cc1c(OC)c(C)c2c(c1OCCSI)C(=O)OC2. The first-order valence-corrected chi connectivity index (χ1v) is 14.8. The summed E-state index contributed by atoms with van der Waals surface area (Å²) in [5, 5.41) is 10.7. The highest BCUT2D eigenvalue weighted by molar-refractivity contribution is 14.2. The molecule has 1 aliphatic rings. The fourth-order valence-electron chi connectivity index (χ4n) is 3.31. The van der Waals surface area contributed by atoms with Crippen molar-refractivity contribution >= 4 is 44.5 Å². The lowest BCUT2D eigenvalue weighted by Gasteiger charge is -2.22. The van der Waals surface area contributed by atoms with E-state index in [1.54, 1.807) is 16.0 Å². The molecule has 1 aromatic carbocycles. The molecule has 174 valence electrons. The standard InChI is InChI=1S/C21H30IO7PS/c1-6-28-30(29-7-2)21(24)13(3)8-9-15-18(25-5)14(4)16-12-27-20(23)17(16)19(15)26-10-11-31-22/h8,21,24H,6-7,9-12H2,1-5H3/b13-8+. The minimum atomic E-state index is -1.44. The molecule has 1 aliphatic heterocycles. The normalized spacial score (nSPS) is 14.6. The molecule has 1 atom stereocenters. The molecule has 0 amide bonds. The Kier molecular flexibility index (Phi) is 11.4. The van der Waals surface area contributed by atoms with Crippen molar-refractivity contribution in [3.05, 3.63) is 33.9 Å². The summed E-state index contributed by atoms with van der Waals surface area (Å²) in [4.78, 5) is 12.5. The van der Waals surface area contributed by atoms with E-state index in [4.69, 9.17) is 23.3 Å². The van der Waals surface area contributed by atoms with Gasteiger partial charge in [0.15, 0.2) is 0 Å². The monoisotopic (exact) mass is 584 g/mol. The molecule has 1 heterocycles. The zero-order chi connectivity index (χ0) is 23.0. The highest BCUT2D eigenvalue weighted by atomic mass is 127. The Bertz CT molecular complexity index is 797. The number of carbonyl (C=O) groups excluding carboxylic acids is 1. The number of cyclic esters (lactones) is 1. The minimum Gasteiger partial charge on any atom is -0.496 e. The average molecular weight is 584 g/mol. The predicted molar refractivity (Wildman–Crippen MR) is 132 cm³/mol. The second-order valence-electron chi connectivity index (χ2n) is 6.70. The zero-order valence-corrected chi connectivity index (χ0v) is 22.4. The van der Waals surface area contributed by atoms with Gasteiger partial charge in [-0.05, 0) is 66.5 Å². The molecule has 0 spiro atoms. The van der Waals surface area contributed by atoms with Crippen LogP contribution in [-0.4, -0.2) is 49.6 Å².